The Labute approximate surface area is 719 Å². The van der Waals surface area contributed by atoms with Gasteiger partial charge in [-0.2, -0.15) is 0 Å². The summed E-state index contributed by atoms with van der Waals surface area (Å²) in [6.45, 7) is 7.97. The quantitative estimate of drug-likeness (QED) is 0.0117. The molecule has 3 aliphatic rings. The van der Waals surface area contributed by atoms with Gasteiger partial charge in [-0.3, -0.25) is 28.2 Å². The molecule has 0 radical (unpaired) electrons. The summed E-state index contributed by atoms with van der Waals surface area (Å²) < 4.78 is 73.6. The van der Waals surface area contributed by atoms with Crippen molar-refractivity contribution in [3.63, 3.8) is 0 Å². The van der Waals surface area contributed by atoms with Crippen LogP contribution in [0.2, 0.25) is 0 Å². The van der Waals surface area contributed by atoms with Crippen LogP contribution in [0.3, 0.4) is 0 Å². The minimum absolute atomic E-state index is 0.0174. The lowest BCUT2D eigenvalue weighted by Gasteiger charge is -2.50. The number of carbonyl (C=O) groups excluding carboxylic acids is 4. The van der Waals surface area contributed by atoms with E-state index in [1.165, 1.54) is 212 Å². The van der Waals surface area contributed by atoms with Gasteiger partial charge in [0.25, 0.3) is 0 Å². The van der Waals surface area contributed by atoms with Crippen LogP contribution in [0.15, 0.2) is 0 Å². The van der Waals surface area contributed by atoms with Crippen LogP contribution in [0.5, 0.6) is 0 Å². The number of phosphoric ester groups is 1. The molecular weight excluding hydrogens is 1550 g/mol. The topological polar surface area (TPSA) is 380 Å². The molecule has 119 heavy (non-hydrogen) atoms. The standard InChI is InChI=1S/C93H175O25P/c1-6-10-14-18-22-25-28-31-33-35-38-41-44-47-55-61-67-79(98)115-88-84(103)85(104)89(116-92-86(105)82(101)80(99)74(68-94)113-92)91(90(88)117-93-87(106)83(102)81(100)75(114-93)71-110-77(96)65-59-53-49-48-51-57-63-72(5)62-56-50-21-17-13-9-4)118-119(107,108)111-70-73(112-78(97)66-60-54-46-43-40-36-30-27-24-20-16-12-8-3)69-109-76(95)64-58-52-45-42-39-37-34-32-29-26-23-19-15-11-7-2/h72-75,80-94,99-106H,6-71H2,1-5H3,(H,107,108). The fourth-order valence-electron chi connectivity index (χ4n) is 16.4. The van der Waals surface area contributed by atoms with Crippen LogP contribution < -0.4 is 0 Å². The third-order valence-corrected chi connectivity index (χ3v) is 25.2. The molecule has 2 heterocycles. The zero-order valence-electron chi connectivity index (χ0n) is 75.1. The summed E-state index contributed by atoms with van der Waals surface area (Å²) in [6, 6.07) is 0. The third kappa shape index (κ3) is 51.8. The predicted molar refractivity (Wildman–Crippen MR) is 463 cm³/mol. The largest absolute Gasteiger partial charge is 0.472 e. The first-order valence-corrected chi connectivity index (χ1v) is 50.2. The molecule has 26 heteroatoms. The minimum Gasteiger partial charge on any atom is -0.463 e. The summed E-state index contributed by atoms with van der Waals surface area (Å²) in [5.74, 6) is -2.25. The molecule has 0 aromatic rings. The Hall–Kier alpha value is -2.53. The molecule has 0 bridgehead atoms. The molecule has 19 atom stereocenters. The number of hydrogen-bond acceptors (Lipinski definition) is 24. The molecule has 10 N–H and O–H groups in total. The Bertz CT molecular complexity index is 2490. The number of esters is 4. The molecule has 0 aromatic heterocycles. The fourth-order valence-corrected chi connectivity index (χ4v) is 17.4. The first-order chi connectivity index (χ1) is 57.6. The van der Waals surface area contributed by atoms with E-state index in [0.29, 0.717) is 38.0 Å². The number of ether oxygens (including phenoxy) is 8. The van der Waals surface area contributed by atoms with Crippen molar-refractivity contribution < 1.29 is 122 Å². The predicted octanol–water partition coefficient (Wildman–Crippen LogP) is 18.4. The molecule has 0 aromatic carbocycles. The molecule has 3 fully saturated rings. The Morgan fingerprint density at radius 3 is 1.00 bits per heavy atom. The van der Waals surface area contributed by atoms with Crippen molar-refractivity contribution in [1.82, 2.24) is 0 Å². The third-order valence-electron chi connectivity index (χ3n) is 24.3. The molecule has 19 unspecified atom stereocenters. The number of aliphatic hydroxyl groups excluding tert-OH is 9. The second-order valence-electron chi connectivity index (χ2n) is 35.2. The fraction of sp³-hybridized carbons (Fsp3) is 0.957. The number of hydrogen-bond donors (Lipinski definition) is 10. The van der Waals surface area contributed by atoms with E-state index in [4.69, 9.17) is 46.9 Å². The van der Waals surface area contributed by atoms with Crippen molar-refractivity contribution in [2.75, 3.05) is 26.4 Å². The Morgan fingerprint density at radius 1 is 0.328 bits per heavy atom. The highest BCUT2D eigenvalue weighted by atomic mass is 31.2. The van der Waals surface area contributed by atoms with Gasteiger partial charge in [0.15, 0.2) is 24.8 Å². The zero-order valence-corrected chi connectivity index (χ0v) is 76.0. The van der Waals surface area contributed by atoms with Gasteiger partial charge in [-0.1, -0.05) is 381 Å². The first-order valence-electron chi connectivity index (χ1n) is 48.7. The van der Waals surface area contributed by atoms with Crippen LogP contribution in [-0.2, 0) is 70.7 Å². The highest BCUT2D eigenvalue weighted by molar-refractivity contribution is 7.47. The van der Waals surface area contributed by atoms with Gasteiger partial charge in [-0.05, 0) is 31.6 Å². The molecule has 2 saturated heterocycles. The lowest BCUT2D eigenvalue weighted by atomic mass is 9.84. The zero-order chi connectivity index (χ0) is 86.9. The van der Waals surface area contributed by atoms with Gasteiger partial charge in [0.1, 0.15) is 92.6 Å². The lowest BCUT2D eigenvalue weighted by Crippen LogP contribution is -2.70. The molecule has 2 aliphatic heterocycles. The SMILES string of the molecule is CCCCCCCCCCCCCCCCCCC(=O)OC1C(O)C(O)C(OC2OC(CO)C(O)C(O)C2O)C(OP(=O)(O)OCC(COC(=O)CCCCCCCCCCCCCCCCC)OC(=O)CCCCCCCCCCCCCCC)C1OC1OC(COC(=O)CCCCCCCCC(C)CCCCCCCC)C(O)C(O)C1O. The minimum atomic E-state index is -5.80. The van der Waals surface area contributed by atoms with E-state index in [-0.39, 0.29) is 25.7 Å². The van der Waals surface area contributed by atoms with Gasteiger partial charge in [0.2, 0.25) is 0 Å². The lowest BCUT2D eigenvalue weighted by molar-refractivity contribution is -0.360. The van der Waals surface area contributed by atoms with Gasteiger partial charge in [-0.15, -0.1) is 0 Å². The van der Waals surface area contributed by atoms with Crippen LogP contribution in [-0.4, -0.2) is 205 Å². The van der Waals surface area contributed by atoms with Gasteiger partial charge in [0, 0.05) is 25.7 Å². The summed E-state index contributed by atoms with van der Waals surface area (Å²) in [6.07, 6.45) is 27.9. The highest BCUT2D eigenvalue weighted by Crippen LogP contribution is 2.49. The maximum Gasteiger partial charge on any atom is 0.472 e. The summed E-state index contributed by atoms with van der Waals surface area (Å²) in [5, 5.41) is 102. The van der Waals surface area contributed by atoms with E-state index in [2.05, 4.69) is 34.6 Å². The maximum atomic E-state index is 14.9. The van der Waals surface area contributed by atoms with E-state index in [1.54, 1.807) is 0 Å². The van der Waals surface area contributed by atoms with Gasteiger partial charge in [-0.25, -0.2) is 4.57 Å². The van der Waals surface area contributed by atoms with Gasteiger partial charge >= 0.3 is 31.7 Å². The van der Waals surface area contributed by atoms with Crippen LogP contribution >= 0.6 is 7.82 Å². The number of unbranched alkanes of at least 4 members (excludes halogenated alkanes) is 51. The summed E-state index contributed by atoms with van der Waals surface area (Å²) in [5.41, 5.74) is 0. The Kier molecular flexibility index (Phi) is 66.5. The molecule has 0 spiro atoms. The second kappa shape index (κ2) is 71.5. The van der Waals surface area contributed by atoms with Crippen LogP contribution in [0.25, 0.3) is 0 Å². The van der Waals surface area contributed by atoms with E-state index in [9.17, 15) is 74.6 Å². The van der Waals surface area contributed by atoms with Crippen molar-refractivity contribution in [3.8, 4) is 0 Å². The van der Waals surface area contributed by atoms with Crippen LogP contribution in [0.4, 0.5) is 0 Å². The summed E-state index contributed by atoms with van der Waals surface area (Å²) in [4.78, 5) is 66.6. The smallest absolute Gasteiger partial charge is 0.463 e. The van der Waals surface area contributed by atoms with Crippen LogP contribution in [0.1, 0.15) is 433 Å². The van der Waals surface area contributed by atoms with Gasteiger partial charge < -0.3 is 88.7 Å². The highest BCUT2D eigenvalue weighted by Gasteiger charge is 2.60. The molecule has 0 amide bonds. The number of phosphoric acid groups is 1. The normalized spacial score (nSPS) is 25.0. The van der Waals surface area contributed by atoms with E-state index in [1.807, 2.05) is 0 Å². The first kappa shape index (κ1) is 111. The number of aliphatic hydroxyl groups is 9. The monoisotopic (exact) mass is 1720 g/mol. The molecule has 1 saturated carbocycles. The van der Waals surface area contributed by atoms with Crippen molar-refractivity contribution in [2.45, 2.75) is 537 Å². The van der Waals surface area contributed by atoms with Crippen LogP contribution in [0, 0.1) is 5.92 Å². The Morgan fingerprint density at radius 2 is 0.630 bits per heavy atom. The van der Waals surface area contributed by atoms with Crippen molar-refractivity contribution >= 4 is 31.7 Å². The van der Waals surface area contributed by atoms with Crippen molar-refractivity contribution in [3.05, 3.63) is 0 Å². The summed E-state index contributed by atoms with van der Waals surface area (Å²) in [7, 11) is -5.80. The number of carbonyl (C=O) groups is 4. The van der Waals surface area contributed by atoms with E-state index < -0.39 is 162 Å². The average Bonchev–Trinajstić information content (AvgIpc) is 0.753. The molecular formula is C93H175O25P. The number of rotatable bonds is 79. The van der Waals surface area contributed by atoms with Gasteiger partial charge in [0.05, 0.1) is 13.2 Å². The van der Waals surface area contributed by atoms with Crippen molar-refractivity contribution in [1.29, 1.82) is 0 Å². The Balaban J connectivity index is 1.91. The average molecular weight is 1720 g/mol. The molecule has 3 rings (SSSR count). The second-order valence-corrected chi connectivity index (χ2v) is 36.6. The van der Waals surface area contributed by atoms with Crippen molar-refractivity contribution in [2.24, 2.45) is 5.92 Å². The molecule has 1 aliphatic carbocycles. The van der Waals surface area contributed by atoms with E-state index in [0.717, 1.165) is 128 Å². The summed E-state index contributed by atoms with van der Waals surface area (Å²) >= 11 is 0. The molecule has 25 nitrogen and oxygen atoms in total. The maximum absolute atomic E-state index is 14.9. The van der Waals surface area contributed by atoms with E-state index >= 15 is 0 Å². The molecule has 702 valence electrons.